The normalized spacial score (nSPS) is 13.8. The number of ether oxygens (including phenoxy) is 1. The number of carbonyl (C=O) groups excluding carboxylic acids is 1. The van der Waals surface area contributed by atoms with Crippen molar-refractivity contribution < 1.29 is 28.4 Å². The molecular formula is C20H28NO6PS2. The zero-order chi connectivity index (χ0) is 22.2. The third kappa shape index (κ3) is 9.31. The van der Waals surface area contributed by atoms with Crippen LogP contribution >= 0.6 is 30.9 Å². The van der Waals surface area contributed by atoms with Crippen LogP contribution in [0.15, 0.2) is 41.3 Å². The van der Waals surface area contributed by atoms with Crippen molar-refractivity contribution in [2.75, 3.05) is 19.5 Å². The van der Waals surface area contributed by atoms with Gasteiger partial charge in [-0.1, -0.05) is 6.07 Å². The van der Waals surface area contributed by atoms with Crippen LogP contribution in [-0.4, -0.2) is 40.6 Å². The van der Waals surface area contributed by atoms with Crippen molar-refractivity contribution in [1.29, 1.82) is 0 Å². The van der Waals surface area contributed by atoms with Crippen LogP contribution < -0.4 is 10.5 Å². The summed E-state index contributed by atoms with van der Waals surface area (Å²) in [6.07, 6.45) is 4.13. The molecule has 1 atom stereocenters. The van der Waals surface area contributed by atoms with Crippen molar-refractivity contribution in [3.05, 3.63) is 46.2 Å². The largest absolute Gasteiger partial charge is 0.494 e. The Morgan fingerprint density at radius 1 is 1.30 bits per heavy atom. The van der Waals surface area contributed by atoms with Gasteiger partial charge < -0.3 is 20.3 Å². The molecule has 1 heterocycles. The van der Waals surface area contributed by atoms with Crippen LogP contribution in [0, 0.1) is 0 Å². The molecule has 0 amide bonds. The summed E-state index contributed by atoms with van der Waals surface area (Å²) in [6.45, 7) is 1.92. The van der Waals surface area contributed by atoms with Crippen molar-refractivity contribution >= 4 is 36.7 Å². The van der Waals surface area contributed by atoms with Crippen molar-refractivity contribution in [3.63, 3.8) is 0 Å². The van der Waals surface area contributed by atoms with Gasteiger partial charge in [0.15, 0.2) is 5.78 Å². The molecule has 0 saturated heterocycles. The zero-order valence-electron chi connectivity index (χ0n) is 17.1. The Balaban J connectivity index is 1.74. The Hall–Kier alpha value is -1.19. The number of phosphoric acid groups is 1. The Bertz CT molecular complexity index is 880. The number of aryl methyl sites for hydroxylation is 1. The van der Waals surface area contributed by atoms with Crippen molar-refractivity contribution in [1.82, 2.24) is 0 Å². The molecule has 2 aromatic rings. The second-order valence-electron chi connectivity index (χ2n) is 7.24. The number of carbonyl (C=O) groups is 1. The molecule has 0 aliphatic rings. The summed E-state index contributed by atoms with van der Waals surface area (Å²) in [5, 5.41) is 0. The molecule has 7 nitrogen and oxygen atoms in total. The number of benzene rings is 1. The molecule has 0 bridgehead atoms. The van der Waals surface area contributed by atoms with Gasteiger partial charge in [0.25, 0.3) is 0 Å². The number of thiophene rings is 1. The summed E-state index contributed by atoms with van der Waals surface area (Å²) in [4.78, 5) is 32.8. The molecular weight excluding hydrogens is 445 g/mol. The highest BCUT2D eigenvalue weighted by Crippen LogP contribution is 2.37. The number of thioether (sulfide) groups is 1. The highest BCUT2D eigenvalue weighted by atomic mass is 32.2. The highest BCUT2D eigenvalue weighted by molar-refractivity contribution is 7.98. The van der Waals surface area contributed by atoms with E-state index in [9.17, 15) is 9.36 Å². The second kappa shape index (κ2) is 11.4. The van der Waals surface area contributed by atoms with Crippen LogP contribution in [-0.2, 0) is 15.5 Å². The molecule has 1 aromatic heterocycles. The lowest BCUT2D eigenvalue weighted by atomic mass is 9.98. The third-order valence-electron chi connectivity index (χ3n) is 4.30. The van der Waals surface area contributed by atoms with Crippen LogP contribution in [0.2, 0.25) is 0 Å². The minimum Gasteiger partial charge on any atom is -0.494 e. The molecule has 4 N–H and O–H groups in total. The summed E-state index contributed by atoms with van der Waals surface area (Å²) in [5.74, 6) is 0.883. The predicted molar refractivity (Wildman–Crippen MR) is 121 cm³/mol. The lowest BCUT2D eigenvalue weighted by Gasteiger charge is -2.24. The van der Waals surface area contributed by atoms with Gasteiger partial charge in [0.1, 0.15) is 5.75 Å². The van der Waals surface area contributed by atoms with Gasteiger partial charge in [-0.2, -0.15) is 0 Å². The van der Waals surface area contributed by atoms with Gasteiger partial charge in [0, 0.05) is 21.7 Å². The Morgan fingerprint density at radius 2 is 2.07 bits per heavy atom. The van der Waals surface area contributed by atoms with E-state index in [-0.39, 0.29) is 12.4 Å². The van der Waals surface area contributed by atoms with E-state index < -0.39 is 13.4 Å². The fraction of sp³-hybridized carbons (Fsp3) is 0.450. The molecule has 166 valence electrons. The number of phosphoric ester groups is 1. The van der Waals surface area contributed by atoms with E-state index in [2.05, 4.69) is 4.52 Å². The molecule has 0 saturated carbocycles. The van der Waals surface area contributed by atoms with E-state index in [1.165, 1.54) is 11.3 Å². The number of hydrogen-bond acceptors (Lipinski definition) is 7. The van der Waals surface area contributed by atoms with E-state index in [4.69, 9.17) is 20.3 Å². The zero-order valence-corrected chi connectivity index (χ0v) is 19.6. The fourth-order valence-corrected chi connectivity index (χ4v) is 4.50. The molecule has 0 aliphatic heterocycles. The van der Waals surface area contributed by atoms with E-state index in [1.807, 2.05) is 42.7 Å². The molecule has 0 fully saturated rings. The Labute approximate surface area is 185 Å². The molecule has 1 aromatic carbocycles. The summed E-state index contributed by atoms with van der Waals surface area (Å²) in [7, 11) is -4.54. The number of hydrogen-bond donors (Lipinski definition) is 3. The number of Topliss-reactive ketones (excluding diaryl/α,β-unsaturated/α-hetero) is 1. The van der Waals surface area contributed by atoms with Gasteiger partial charge in [-0.15, -0.1) is 23.1 Å². The van der Waals surface area contributed by atoms with E-state index in [1.54, 1.807) is 18.7 Å². The number of rotatable bonds is 13. The lowest BCUT2D eigenvalue weighted by Crippen LogP contribution is -2.41. The average molecular weight is 474 g/mol. The standard InChI is InChI=1S/C20H28NO6PS2/c1-20(21,14-27-28(23,24)25)11-10-16-8-9-19(30-16)18(22)7-4-12-26-15-5-3-6-17(13-15)29-2/h3,5-6,8-9,13H,4,7,10-12,14,21H2,1-2H3,(H2,23,24,25). The van der Waals surface area contributed by atoms with E-state index in [0.29, 0.717) is 37.2 Å². The second-order valence-corrected chi connectivity index (χ2v) is 10.5. The molecule has 10 heteroatoms. The van der Waals surface area contributed by atoms with Crippen LogP contribution in [0.1, 0.15) is 40.7 Å². The summed E-state index contributed by atoms with van der Waals surface area (Å²) in [5.41, 5.74) is 5.16. The summed E-state index contributed by atoms with van der Waals surface area (Å²) < 4.78 is 21.0. The smallest absolute Gasteiger partial charge is 0.469 e. The van der Waals surface area contributed by atoms with E-state index >= 15 is 0 Å². The average Bonchev–Trinajstić information content (AvgIpc) is 3.17. The first-order valence-electron chi connectivity index (χ1n) is 9.46. The first kappa shape index (κ1) is 25.1. The highest BCUT2D eigenvalue weighted by Gasteiger charge is 2.24. The van der Waals surface area contributed by atoms with Gasteiger partial charge in [0.2, 0.25) is 0 Å². The first-order chi connectivity index (χ1) is 14.1. The Morgan fingerprint density at radius 3 is 2.77 bits per heavy atom. The summed E-state index contributed by atoms with van der Waals surface area (Å²) >= 11 is 3.08. The maximum Gasteiger partial charge on any atom is 0.469 e. The molecule has 30 heavy (non-hydrogen) atoms. The van der Waals surface area contributed by atoms with Gasteiger partial charge in [0.05, 0.1) is 18.1 Å². The predicted octanol–water partition coefficient (Wildman–Crippen LogP) is 4.27. The molecule has 1 unspecified atom stereocenters. The Kier molecular flexibility index (Phi) is 9.56. The molecule has 2 rings (SSSR count). The molecule has 0 radical (unpaired) electrons. The van der Waals surface area contributed by atoms with Gasteiger partial charge in [-0.25, -0.2) is 4.57 Å². The van der Waals surface area contributed by atoms with Crippen LogP contribution in [0.5, 0.6) is 5.75 Å². The maximum absolute atomic E-state index is 12.4. The topological polar surface area (TPSA) is 119 Å². The van der Waals surface area contributed by atoms with Gasteiger partial charge in [-0.05, 0) is 62.8 Å². The SMILES string of the molecule is CSc1cccc(OCCCC(=O)c2ccc(CCC(C)(N)COP(=O)(O)O)s2)c1. The van der Waals surface area contributed by atoms with E-state index in [0.717, 1.165) is 15.5 Å². The number of nitrogens with two attached hydrogens (primary N) is 1. The first-order valence-corrected chi connectivity index (χ1v) is 13.0. The lowest BCUT2D eigenvalue weighted by molar-refractivity contribution is 0.0977. The molecule has 0 spiro atoms. The van der Waals surface area contributed by atoms with Gasteiger partial charge in [-0.3, -0.25) is 9.32 Å². The minimum absolute atomic E-state index is 0.0769. The van der Waals surface area contributed by atoms with Crippen molar-refractivity contribution in [2.24, 2.45) is 5.73 Å². The fourth-order valence-electron chi connectivity index (χ4n) is 2.61. The van der Waals surface area contributed by atoms with Crippen molar-refractivity contribution in [3.8, 4) is 5.75 Å². The minimum atomic E-state index is -4.54. The van der Waals surface area contributed by atoms with Crippen LogP contribution in [0.25, 0.3) is 0 Å². The summed E-state index contributed by atoms with van der Waals surface area (Å²) in [6, 6.07) is 11.6. The third-order valence-corrected chi connectivity index (χ3v) is 6.68. The van der Waals surface area contributed by atoms with Gasteiger partial charge >= 0.3 is 7.82 Å². The maximum atomic E-state index is 12.4. The monoisotopic (exact) mass is 473 g/mol. The quantitative estimate of drug-likeness (QED) is 0.171. The van der Waals surface area contributed by atoms with Crippen molar-refractivity contribution in [2.45, 2.75) is 43.0 Å². The van der Waals surface area contributed by atoms with Crippen LogP contribution in [0.4, 0.5) is 0 Å². The number of ketones is 1. The molecule has 0 aliphatic carbocycles. The van der Waals surface area contributed by atoms with Crippen LogP contribution in [0.3, 0.4) is 0 Å².